The Kier molecular flexibility index (Phi) is 5.28. The van der Waals surface area contributed by atoms with Crippen LogP contribution in [0, 0.1) is 0 Å². The number of fused-ring (bicyclic) bond motifs is 1. The van der Waals surface area contributed by atoms with Gasteiger partial charge in [0, 0.05) is 5.56 Å². The molecule has 5 nitrogen and oxygen atoms in total. The summed E-state index contributed by atoms with van der Waals surface area (Å²) in [4.78, 5) is 13.9. The Morgan fingerprint density at radius 2 is 1.81 bits per heavy atom. The molecule has 0 spiro atoms. The summed E-state index contributed by atoms with van der Waals surface area (Å²) in [6, 6.07) is 10.4. The van der Waals surface area contributed by atoms with Crippen LogP contribution >= 0.6 is 0 Å². The molecule has 3 rings (SSSR count). The van der Waals surface area contributed by atoms with Crippen LogP contribution in [0.1, 0.15) is 35.3 Å². The number of ether oxygens (including phenoxy) is 2. The molecule has 0 unspecified atom stereocenters. The van der Waals surface area contributed by atoms with Crippen LogP contribution in [0.5, 0.6) is 17.2 Å². The monoisotopic (exact) mass is 353 g/mol. The van der Waals surface area contributed by atoms with E-state index in [-0.39, 0.29) is 17.3 Å². The van der Waals surface area contributed by atoms with Crippen molar-refractivity contribution >= 4 is 11.9 Å². The first-order valence-electron chi connectivity index (χ1n) is 8.82. The van der Waals surface area contributed by atoms with Crippen molar-refractivity contribution in [3.63, 3.8) is 0 Å². The van der Waals surface area contributed by atoms with Gasteiger partial charge in [-0.25, -0.2) is 0 Å². The third-order valence-corrected chi connectivity index (χ3v) is 4.74. The lowest BCUT2D eigenvalue weighted by atomic mass is 10.0. The minimum atomic E-state index is -0.188. The third-order valence-electron chi connectivity index (χ3n) is 4.74. The number of Topliss-reactive ketones (excluding diaryl/α,β-unsaturated/α-hetero) is 1. The average molecular weight is 353 g/mol. The normalized spacial score (nSPS) is 14.6. The van der Waals surface area contributed by atoms with Crippen LogP contribution in [0.25, 0.3) is 6.08 Å². The number of hydrogen-bond donors (Lipinski definition) is 1. The van der Waals surface area contributed by atoms with Gasteiger partial charge in [-0.1, -0.05) is 23.9 Å². The molecular weight excluding hydrogens is 330 g/mol. The van der Waals surface area contributed by atoms with Gasteiger partial charge in [-0.2, -0.15) is 0 Å². The molecule has 0 amide bonds. The molecule has 2 aromatic rings. The van der Waals surface area contributed by atoms with E-state index in [4.69, 9.17) is 9.47 Å². The Hall–Kier alpha value is -2.79. The predicted molar refractivity (Wildman–Crippen MR) is 97.6 cm³/mol. The van der Waals surface area contributed by atoms with E-state index < -0.39 is 0 Å². The quantitative estimate of drug-likeness (QED) is 0.805. The van der Waals surface area contributed by atoms with Crippen molar-refractivity contribution in [3.05, 3.63) is 58.8 Å². The first kappa shape index (κ1) is 18.0. The van der Waals surface area contributed by atoms with Crippen molar-refractivity contribution in [2.75, 3.05) is 20.2 Å². The molecule has 0 aliphatic carbocycles. The van der Waals surface area contributed by atoms with Crippen molar-refractivity contribution in [1.29, 1.82) is 0 Å². The van der Waals surface area contributed by atoms with E-state index in [0.29, 0.717) is 23.4 Å². The maximum Gasteiger partial charge on any atom is 0.231 e. The number of carbonyl (C=O) groups excluding carboxylic acids is 1. The molecule has 0 atom stereocenters. The lowest BCUT2D eigenvalue weighted by molar-refractivity contribution is -0.910. The van der Waals surface area contributed by atoms with Gasteiger partial charge in [-0.15, -0.1) is 0 Å². The number of rotatable bonds is 6. The Labute approximate surface area is 153 Å². The van der Waals surface area contributed by atoms with Crippen LogP contribution in [-0.4, -0.2) is 26.0 Å². The predicted octanol–water partition coefficient (Wildman–Crippen LogP) is 1.81. The minimum Gasteiger partial charge on any atom is -0.872 e. The van der Waals surface area contributed by atoms with E-state index >= 15 is 0 Å². The number of carbonyl (C=O) groups is 1. The highest BCUT2D eigenvalue weighted by atomic mass is 16.5. The molecular formula is C21H23NO4. The molecule has 0 radical (unpaired) electrons. The zero-order chi connectivity index (χ0) is 18.7. The van der Waals surface area contributed by atoms with E-state index in [9.17, 15) is 9.90 Å². The summed E-state index contributed by atoms with van der Waals surface area (Å²) in [5.74, 6) is 1.14. The van der Waals surface area contributed by atoms with E-state index in [1.807, 2.05) is 24.3 Å². The Morgan fingerprint density at radius 3 is 2.42 bits per heavy atom. The second-order valence-electron chi connectivity index (χ2n) is 6.27. The molecule has 1 aliphatic heterocycles. The molecule has 5 heteroatoms. The lowest BCUT2D eigenvalue weighted by Crippen LogP contribution is -3.10. The highest BCUT2D eigenvalue weighted by molar-refractivity contribution is 6.14. The van der Waals surface area contributed by atoms with Gasteiger partial charge < -0.3 is 19.5 Å². The zero-order valence-electron chi connectivity index (χ0n) is 15.3. The summed E-state index contributed by atoms with van der Waals surface area (Å²) in [5.41, 5.74) is 1.87. The van der Waals surface area contributed by atoms with Crippen LogP contribution in [0.3, 0.4) is 0 Å². The van der Waals surface area contributed by atoms with E-state index in [2.05, 4.69) is 13.8 Å². The first-order valence-corrected chi connectivity index (χ1v) is 8.82. The summed E-state index contributed by atoms with van der Waals surface area (Å²) >= 11 is 0. The number of benzene rings is 2. The Bertz CT molecular complexity index is 836. The highest BCUT2D eigenvalue weighted by Crippen LogP contribution is 2.38. The van der Waals surface area contributed by atoms with Gasteiger partial charge in [0.05, 0.1) is 25.8 Å². The maximum absolute atomic E-state index is 12.7. The SMILES string of the molecule is CC[NH+](CC)Cc1c([O-])ccc2c1OC(=Cc1ccc(OC)cc1)C2=O. The summed E-state index contributed by atoms with van der Waals surface area (Å²) < 4.78 is 11.0. The fraction of sp³-hybridized carbons (Fsp3) is 0.286. The van der Waals surface area contributed by atoms with Crippen molar-refractivity contribution < 1.29 is 24.3 Å². The van der Waals surface area contributed by atoms with Crippen molar-refractivity contribution in [2.24, 2.45) is 0 Å². The Balaban J connectivity index is 1.93. The molecule has 2 aromatic carbocycles. The number of methoxy groups -OCH3 is 1. The number of quaternary nitrogens is 1. The van der Waals surface area contributed by atoms with Crippen LogP contribution in [-0.2, 0) is 6.54 Å². The molecule has 0 bridgehead atoms. The molecule has 1 N–H and O–H groups in total. The highest BCUT2D eigenvalue weighted by Gasteiger charge is 2.30. The van der Waals surface area contributed by atoms with Crippen molar-refractivity contribution in [3.8, 4) is 17.2 Å². The molecule has 0 aromatic heterocycles. The van der Waals surface area contributed by atoms with Gasteiger partial charge in [0.15, 0.2) is 5.76 Å². The fourth-order valence-electron chi connectivity index (χ4n) is 3.06. The van der Waals surface area contributed by atoms with Gasteiger partial charge in [0.25, 0.3) is 0 Å². The minimum absolute atomic E-state index is 0.0818. The summed E-state index contributed by atoms with van der Waals surface area (Å²) in [5, 5.41) is 12.4. The summed E-state index contributed by atoms with van der Waals surface area (Å²) in [7, 11) is 1.60. The van der Waals surface area contributed by atoms with Crippen LogP contribution in [0.15, 0.2) is 42.2 Å². The molecule has 0 saturated heterocycles. The maximum atomic E-state index is 12.7. The molecule has 1 aliphatic rings. The molecule has 1 heterocycles. The topological polar surface area (TPSA) is 63.0 Å². The van der Waals surface area contributed by atoms with Crippen LogP contribution in [0.4, 0.5) is 0 Å². The molecule has 136 valence electrons. The summed E-state index contributed by atoms with van der Waals surface area (Å²) in [6.45, 7) is 6.52. The van der Waals surface area contributed by atoms with Gasteiger partial charge in [-0.05, 0) is 43.7 Å². The number of nitrogens with one attached hydrogen (secondary N) is 1. The van der Waals surface area contributed by atoms with E-state index in [0.717, 1.165) is 24.4 Å². The number of hydrogen-bond acceptors (Lipinski definition) is 4. The van der Waals surface area contributed by atoms with Gasteiger partial charge in [0.1, 0.15) is 18.0 Å². The Morgan fingerprint density at radius 1 is 1.12 bits per heavy atom. The summed E-state index contributed by atoms with van der Waals surface area (Å²) in [6.07, 6.45) is 1.69. The number of allylic oxidation sites excluding steroid dienone is 1. The van der Waals surface area contributed by atoms with Gasteiger partial charge >= 0.3 is 0 Å². The van der Waals surface area contributed by atoms with E-state index in [1.54, 1.807) is 19.3 Å². The first-order chi connectivity index (χ1) is 12.6. The number of ketones is 1. The van der Waals surface area contributed by atoms with Gasteiger partial charge in [-0.3, -0.25) is 4.79 Å². The van der Waals surface area contributed by atoms with E-state index in [1.165, 1.54) is 11.0 Å². The standard InChI is InChI=1S/C21H23NO4/c1-4-22(5-2)13-17-18(23)11-10-16-20(24)19(26-21(16)17)12-14-6-8-15(25-3)9-7-14/h6-12,23H,4-5,13H2,1-3H3. The van der Waals surface area contributed by atoms with Crippen LogP contribution < -0.4 is 19.5 Å². The second kappa shape index (κ2) is 7.62. The van der Waals surface area contributed by atoms with Crippen molar-refractivity contribution in [2.45, 2.75) is 20.4 Å². The molecule has 0 saturated carbocycles. The second-order valence-corrected chi connectivity index (χ2v) is 6.27. The van der Waals surface area contributed by atoms with Crippen LogP contribution in [0.2, 0.25) is 0 Å². The third kappa shape index (κ3) is 3.44. The largest absolute Gasteiger partial charge is 0.872 e. The van der Waals surface area contributed by atoms with Crippen molar-refractivity contribution in [1.82, 2.24) is 0 Å². The lowest BCUT2D eigenvalue weighted by Gasteiger charge is -2.21. The fourth-order valence-corrected chi connectivity index (χ4v) is 3.06. The van der Waals surface area contributed by atoms with Gasteiger partial charge in [0.2, 0.25) is 5.78 Å². The smallest absolute Gasteiger partial charge is 0.231 e. The zero-order valence-corrected chi connectivity index (χ0v) is 15.3. The average Bonchev–Trinajstić information content (AvgIpc) is 2.97. The molecule has 0 fully saturated rings. The molecule has 26 heavy (non-hydrogen) atoms.